The number of anilines is 2. The first-order valence-corrected chi connectivity index (χ1v) is 5.17. The van der Waals surface area contributed by atoms with E-state index in [9.17, 15) is 0 Å². The third kappa shape index (κ3) is 1.75. The van der Waals surface area contributed by atoms with Gasteiger partial charge in [0.25, 0.3) is 0 Å². The molecule has 78 valence electrons. The minimum Gasteiger partial charge on any atom is -0.348 e. The lowest BCUT2D eigenvalue weighted by molar-refractivity contribution is 0.844. The summed E-state index contributed by atoms with van der Waals surface area (Å²) in [5.41, 5.74) is 2.58. The summed E-state index contributed by atoms with van der Waals surface area (Å²) in [6, 6.07) is 8.46. The molecule has 0 N–H and O–H groups in total. The smallest absolute Gasteiger partial charge is 0.0910 e. The molecule has 2 rings (SSSR count). The number of fused-ring (bicyclic) bond motifs is 1. The molecule has 0 bridgehead atoms. The number of rotatable bonds is 4. The fourth-order valence-electron chi connectivity index (χ4n) is 1.98. The summed E-state index contributed by atoms with van der Waals surface area (Å²) in [7, 11) is 0. The van der Waals surface area contributed by atoms with Crippen molar-refractivity contribution in [3.8, 4) is 0 Å². The highest BCUT2D eigenvalue weighted by molar-refractivity contribution is 5.76. The number of hydrogen-bond donors (Lipinski definition) is 0. The van der Waals surface area contributed by atoms with E-state index in [-0.39, 0.29) is 0 Å². The average Bonchev–Trinajstić information content (AvgIpc) is 2.59. The summed E-state index contributed by atoms with van der Waals surface area (Å²) in [5.74, 6) is 0. The van der Waals surface area contributed by atoms with Gasteiger partial charge in [0.15, 0.2) is 0 Å². The standard InChI is InChI=1S/C13H16N2/c1-3-9-14-11-15(10-4-2)13-8-6-5-7-12(13)14/h3-8H,1-2,9-11H2. The molecule has 0 fully saturated rings. The van der Waals surface area contributed by atoms with Crippen LogP contribution in [-0.2, 0) is 0 Å². The second-order valence-electron chi connectivity index (χ2n) is 3.65. The van der Waals surface area contributed by atoms with Gasteiger partial charge in [0.05, 0.1) is 18.0 Å². The van der Waals surface area contributed by atoms with Gasteiger partial charge >= 0.3 is 0 Å². The predicted molar refractivity (Wildman–Crippen MR) is 66.4 cm³/mol. The van der Waals surface area contributed by atoms with Crippen LogP contribution in [0.2, 0.25) is 0 Å². The number of para-hydroxylation sites is 2. The second-order valence-corrected chi connectivity index (χ2v) is 3.65. The normalized spacial score (nSPS) is 13.9. The lowest BCUT2D eigenvalue weighted by Crippen LogP contribution is -2.30. The van der Waals surface area contributed by atoms with Crippen molar-refractivity contribution < 1.29 is 0 Å². The Balaban J connectivity index is 2.30. The summed E-state index contributed by atoms with van der Waals surface area (Å²) < 4.78 is 0. The molecular weight excluding hydrogens is 184 g/mol. The zero-order valence-corrected chi connectivity index (χ0v) is 8.89. The third-order valence-corrected chi connectivity index (χ3v) is 2.60. The quantitative estimate of drug-likeness (QED) is 0.689. The van der Waals surface area contributed by atoms with Crippen LogP contribution in [0, 0.1) is 0 Å². The molecular formula is C13H16N2. The Labute approximate surface area is 91.1 Å². The summed E-state index contributed by atoms with van der Waals surface area (Å²) in [4.78, 5) is 4.62. The fourth-order valence-corrected chi connectivity index (χ4v) is 1.98. The molecule has 2 heteroatoms. The van der Waals surface area contributed by atoms with Gasteiger partial charge in [-0.25, -0.2) is 0 Å². The van der Waals surface area contributed by atoms with E-state index in [1.54, 1.807) is 0 Å². The Morgan fingerprint density at radius 2 is 1.47 bits per heavy atom. The lowest BCUT2D eigenvalue weighted by Gasteiger charge is -2.19. The van der Waals surface area contributed by atoms with Crippen LogP contribution in [-0.4, -0.2) is 19.8 Å². The van der Waals surface area contributed by atoms with Crippen LogP contribution in [0.25, 0.3) is 0 Å². The van der Waals surface area contributed by atoms with Gasteiger partial charge in [0.2, 0.25) is 0 Å². The van der Waals surface area contributed by atoms with Crippen LogP contribution >= 0.6 is 0 Å². The maximum absolute atomic E-state index is 3.79. The van der Waals surface area contributed by atoms with Gasteiger partial charge in [0.1, 0.15) is 0 Å². The van der Waals surface area contributed by atoms with Crippen molar-refractivity contribution in [3.05, 3.63) is 49.6 Å². The highest BCUT2D eigenvalue weighted by atomic mass is 15.4. The lowest BCUT2D eigenvalue weighted by atomic mass is 10.2. The van der Waals surface area contributed by atoms with E-state index >= 15 is 0 Å². The van der Waals surface area contributed by atoms with Crippen LogP contribution in [0.5, 0.6) is 0 Å². The van der Waals surface area contributed by atoms with Crippen LogP contribution in [0.4, 0.5) is 11.4 Å². The molecule has 1 heterocycles. The molecule has 15 heavy (non-hydrogen) atoms. The number of hydrogen-bond acceptors (Lipinski definition) is 2. The molecule has 0 atom stereocenters. The van der Waals surface area contributed by atoms with Gasteiger partial charge in [-0.3, -0.25) is 0 Å². The third-order valence-electron chi connectivity index (χ3n) is 2.60. The first-order chi connectivity index (χ1) is 7.36. The summed E-state index contributed by atoms with van der Waals surface area (Å²) >= 11 is 0. The molecule has 0 amide bonds. The van der Waals surface area contributed by atoms with Gasteiger partial charge in [-0.05, 0) is 12.1 Å². The largest absolute Gasteiger partial charge is 0.348 e. The van der Waals surface area contributed by atoms with E-state index in [4.69, 9.17) is 0 Å². The zero-order chi connectivity index (χ0) is 10.7. The second kappa shape index (κ2) is 4.22. The molecule has 0 unspecified atom stereocenters. The fraction of sp³-hybridized carbons (Fsp3) is 0.231. The van der Waals surface area contributed by atoms with Crippen molar-refractivity contribution in [2.45, 2.75) is 0 Å². The average molecular weight is 200 g/mol. The summed E-state index contributed by atoms with van der Waals surface area (Å²) in [5, 5.41) is 0. The van der Waals surface area contributed by atoms with Gasteiger partial charge in [-0.1, -0.05) is 24.3 Å². The number of nitrogens with zero attached hydrogens (tertiary/aromatic N) is 2. The Kier molecular flexibility index (Phi) is 2.77. The van der Waals surface area contributed by atoms with E-state index in [0.29, 0.717) is 0 Å². The Morgan fingerprint density at radius 3 is 1.87 bits per heavy atom. The Bertz CT molecular complexity index is 336. The van der Waals surface area contributed by atoms with E-state index in [1.807, 2.05) is 12.2 Å². The highest BCUT2D eigenvalue weighted by Crippen LogP contribution is 2.34. The molecule has 0 radical (unpaired) electrons. The minimum absolute atomic E-state index is 0.894. The van der Waals surface area contributed by atoms with Crippen molar-refractivity contribution in [3.63, 3.8) is 0 Å². The maximum Gasteiger partial charge on any atom is 0.0910 e. The topological polar surface area (TPSA) is 6.48 Å². The highest BCUT2D eigenvalue weighted by Gasteiger charge is 2.22. The van der Waals surface area contributed by atoms with Crippen LogP contribution < -0.4 is 9.80 Å². The Morgan fingerprint density at radius 1 is 1.00 bits per heavy atom. The van der Waals surface area contributed by atoms with E-state index in [2.05, 4.69) is 47.2 Å². The minimum atomic E-state index is 0.894. The summed E-state index contributed by atoms with van der Waals surface area (Å²) in [6.45, 7) is 10.3. The Hall–Kier alpha value is -1.70. The van der Waals surface area contributed by atoms with Crippen LogP contribution in [0.3, 0.4) is 0 Å². The molecule has 1 aromatic rings. The van der Waals surface area contributed by atoms with Gasteiger partial charge in [-0.2, -0.15) is 0 Å². The first-order valence-electron chi connectivity index (χ1n) is 5.17. The maximum atomic E-state index is 3.79. The van der Waals surface area contributed by atoms with E-state index in [1.165, 1.54) is 11.4 Å². The summed E-state index contributed by atoms with van der Waals surface area (Å²) in [6.07, 6.45) is 3.88. The van der Waals surface area contributed by atoms with Crippen LogP contribution in [0.1, 0.15) is 0 Å². The monoisotopic (exact) mass is 200 g/mol. The SMILES string of the molecule is C=CCN1CN(CC=C)c2ccccc21. The predicted octanol–water partition coefficient (Wildman–Crippen LogP) is 2.64. The molecule has 0 saturated carbocycles. The molecule has 0 saturated heterocycles. The van der Waals surface area contributed by atoms with E-state index < -0.39 is 0 Å². The molecule has 1 aliphatic heterocycles. The molecule has 1 aliphatic rings. The first kappa shape index (κ1) is 9.84. The molecule has 1 aromatic carbocycles. The van der Waals surface area contributed by atoms with Gasteiger partial charge in [0, 0.05) is 13.1 Å². The van der Waals surface area contributed by atoms with Gasteiger partial charge in [-0.15, -0.1) is 13.2 Å². The molecule has 0 aromatic heterocycles. The molecule has 2 nitrogen and oxygen atoms in total. The number of benzene rings is 1. The van der Waals surface area contributed by atoms with Crippen molar-refractivity contribution >= 4 is 11.4 Å². The van der Waals surface area contributed by atoms with Crippen molar-refractivity contribution in [1.82, 2.24) is 0 Å². The van der Waals surface area contributed by atoms with E-state index in [0.717, 1.165) is 19.8 Å². The van der Waals surface area contributed by atoms with Crippen molar-refractivity contribution in [1.29, 1.82) is 0 Å². The van der Waals surface area contributed by atoms with Crippen LogP contribution in [0.15, 0.2) is 49.6 Å². The zero-order valence-electron chi connectivity index (χ0n) is 8.89. The van der Waals surface area contributed by atoms with Gasteiger partial charge < -0.3 is 9.80 Å². The molecule has 0 aliphatic carbocycles. The van der Waals surface area contributed by atoms with Crippen molar-refractivity contribution in [2.24, 2.45) is 0 Å². The molecule has 0 spiro atoms. The van der Waals surface area contributed by atoms with Crippen molar-refractivity contribution in [2.75, 3.05) is 29.6 Å².